The Hall–Kier alpha value is -3.19. The highest BCUT2D eigenvalue weighted by Gasteiger charge is 2.07. The van der Waals surface area contributed by atoms with Gasteiger partial charge in [-0.05, 0) is 12.1 Å². The summed E-state index contributed by atoms with van der Waals surface area (Å²) < 4.78 is 4.20. The van der Waals surface area contributed by atoms with E-state index < -0.39 is 0 Å². The standard InChI is InChI=1S/C12H13N9S/c1-16-11(17-6-13)18-8-4-2-3-7(5-8)9-19-12(22-21-9)20-10(14)15/h2-5H,1H3,(H2,16,17,18)(H4,14,15,19,20,21). The number of nitrogens with two attached hydrogens (primary N) is 2. The molecule has 0 amide bonds. The lowest BCUT2D eigenvalue weighted by atomic mass is 10.2. The molecule has 0 bridgehead atoms. The highest BCUT2D eigenvalue weighted by atomic mass is 32.1. The largest absolute Gasteiger partial charge is 0.370 e. The SMILES string of the molecule is CN=C(NC#N)Nc1cccc(-c2nsc(N=C(N)N)n2)c1. The number of aliphatic imine (C=N–C) groups is 2. The molecule has 0 aliphatic carbocycles. The molecule has 1 heterocycles. The van der Waals surface area contributed by atoms with Crippen molar-refractivity contribution in [2.75, 3.05) is 12.4 Å². The maximum absolute atomic E-state index is 8.62. The smallest absolute Gasteiger partial charge is 0.232 e. The fourth-order valence-corrected chi connectivity index (χ4v) is 2.15. The molecule has 0 atom stereocenters. The number of nitrogens with zero attached hydrogens (tertiary/aromatic N) is 5. The molecule has 9 nitrogen and oxygen atoms in total. The third kappa shape index (κ3) is 3.90. The predicted octanol–water partition coefficient (Wildman–Crippen LogP) is 0.578. The molecule has 2 aromatic rings. The molecule has 0 saturated carbocycles. The van der Waals surface area contributed by atoms with Gasteiger partial charge in [-0.2, -0.15) is 19.6 Å². The molecule has 2 rings (SSSR count). The van der Waals surface area contributed by atoms with Crippen molar-refractivity contribution >= 4 is 34.3 Å². The van der Waals surface area contributed by atoms with E-state index in [1.54, 1.807) is 13.2 Å². The van der Waals surface area contributed by atoms with Crippen molar-refractivity contribution in [2.24, 2.45) is 21.5 Å². The lowest BCUT2D eigenvalue weighted by Gasteiger charge is -2.07. The van der Waals surface area contributed by atoms with Crippen molar-refractivity contribution in [2.45, 2.75) is 0 Å². The van der Waals surface area contributed by atoms with Crippen LogP contribution in [-0.2, 0) is 0 Å². The number of aromatic nitrogens is 2. The van der Waals surface area contributed by atoms with Gasteiger partial charge in [-0.3, -0.25) is 10.3 Å². The van der Waals surface area contributed by atoms with Crippen molar-refractivity contribution < 1.29 is 0 Å². The van der Waals surface area contributed by atoms with Crippen molar-refractivity contribution in [3.63, 3.8) is 0 Å². The summed E-state index contributed by atoms with van der Waals surface area (Å²) in [4.78, 5) is 12.0. The zero-order valence-corrected chi connectivity index (χ0v) is 12.4. The van der Waals surface area contributed by atoms with Gasteiger partial charge in [0.25, 0.3) is 0 Å². The second-order valence-electron chi connectivity index (χ2n) is 3.95. The minimum atomic E-state index is -0.0653. The number of rotatable bonds is 3. The fourth-order valence-electron chi connectivity index (χ4n) is 1.56. The van der Waals surface area contributed by atoms with Crippen LogP contribution in [0.1, 0.15) is 0 Å². The Morgan fingerprint density at radius 3 is 2.91 bits per heavy atom. The highest BCUT2D eigenvalue weighted by molar-refractivity contribution is 7.09. The molecule has 1 aromatic carbocycles. The molecule has 0 saturated heterocycles. The fraction of sp³-hybridized carbons (Fsp3) is 0.0833. The third-order valence-electron chi connectivity index (χ3n) is 2.42. The van der Waals surface area contributed by atoms with Gasteiger partial charge in [-0.15, -0.1) is 0 Å². The van der Waals surface area contributed by atoms with E-state index in [-0.39, 0.29) is 5.96 Å². The van der Waals surface area contributed by atoms with Crippen LogP contribution >= 0.6 is 11.5 Å². The van der Waals surface area contributed by atoms with E-state index in [2.05, 4.69) is 30.0 Å². The Morgan fingerprint density at radius 2 is 2.23 bits per heavy atom. The summed E-state index contributed by atoms with van der Waals surface area (Å²) in [6.07, 6.45) is 1.80. The van der Waals surface area contributed by atoms with Crippen molar-refractivity contribution in [1.29, 1.82) is 5.26 Å². The van der Waals surface area contributed by atoms with Gasteiger partial charge in [0.2, 0.25) is 11.1 Å². The van der Waals surface area contributed by atoms with E-state index in [4.69, 9.17) is 16.7 Å². The quantitative estimate of drug-likeness (QED) is 0.280. The first kappa shape index (κ1) is 15.2. The molecule has 1 aromatic heterocycles. The average molecular weight is 315 g/mol. The molecular weight excluding hydrogens is 302 g/mol. The molecule has 22 heavy (non-hydrogen) atoms. The summed E-state index contributed by atoms with van der Waals surface area (Å²) in [6, 6.07) is 7.34. The van der Waals surface area contributed by atoms with Gasteiger partial charge in [0.1, 0.15) is 0 Å². The van der Waals surface area contributed by atoms with E-state index in [1.807, 2.05) is 24.3 Å². The Labute approximate surface area is 130 Å². The minimum Gasteiger partial charge on any atom is -0.370 e. The van der Waals surface area contributed by atoms with E-state index in [9.17, 15) is 0 Å². The lowest BCUT2D eigenvalue weighted by Crippen LogP contribution is -2.26. The molecule has 0 fully saturated rings. The normalized spacial score (nSPS) is 10.6. The van der Waals surface area contributed by atoms with Crippen molar-refractivity contribution in [1.82, 2.24) is 14.7 Å². The average Bonchev–Trinajstić information content (AvgIpc) is 2.95. The highest BCUT2D eigenvalue weighted by Crippen LogP contribution is 2.24. The molecule has 10 heteroatoms. The Bertz CT molecular complexity index is 752. The van der Waals surface area contributed by atoms with Gasteiger partial charge in [-0.1, -0.05) is 12.1 Å². The number of nitriles is 1. The van der Waals surface area contributed by atoms with E-state index in [0.717, 1.165) is 22.8 Å². The van der Waals surface area contributed by atoms with Crippen molar-refractivity contribution in [3.05, 3.63) is 24.3 Å². The minimum absolute atomic E-state index is 0.0653. The summed E-state index contributed by atoms with van der Waals surface area (Å²) >= 11 is 1.10. The summed E-state index contributed by atoms with van der Waals surface area (Å²) in [5, 5.41) is 14.4. The zero-order chi connectivity index (χ0) is 15.9. The van der Waals surface area contributed by atoms with Crippen LogP contribution in [0.5, 0.6) is 0 Å². The lowest BCUT2D eigenvalue weighted by molar-refractivity contribution is 1.21. The van der Waals surface area contributed by atoms with Gasteiger partial charge in [0, 0.05) is 29.8 Å². The predicted molar refractivity (Wildman–Crippen MR) is 86.5 cm³/mol. The zero-order valence-electron chi connectivity index (χ0n) is 11.6. The van der Waals surface area contributed by atoms with Crippen LogP contribution in [0.4, 0.5) is 10.8 Å². The van der Waals surface area contributed by atoms with Crippen LogP contribution in [0.15, 0.2) is 34.3 Å². The number of benzene rings is 1. The molecular formula is C12H13N9S. The van der Waals surface area contributed by atoms with E-state index >= 15 is 0 Å². The molecule has 6 N–H and O–H groups in total. The topological polar surface area (TPSA) is 150 Å². The van der Waals surface area contributed by atoms with E-state index in [0.29, 0.717) is 16.9 Å². The molecule has 0 spiro atoms. The first-order valence-electron chi connectivity index (χ1n) is 6.05. The molecule has 0 aliphatic heterocycles. The second-order valence-corrected chi connectivity index (χ2v) is 4.68. The van der Waals surface area contributed by atoms with Gasteiger partial charge in [-0.25, -0.2) is 0 Å². The summed E-state index contributed by atoms with van der Waals surface area (Å²) in [5.74, 6) is 0.786. The van der Waals surface area contributed by atoms with E-state index in [1.165, 1.54) is 0 Å². The Balaban J connectivity index is 2.23. The maximum atomic E-state index is 8.62. The van der Waals surface area contributed by atoms with Crippen LogP contribution in [-0.4, -0.2) is 28.3 Å². The maximum Gasteiger partial charge on any atom is 0.232 e. The molecule has 0 aliphatic rings. The number of nitrogens with one attached hydrogen (secondary N) is 2. The Kier molecular flexibility index (Phi) is 4.84. The molecule has 0 unspecified atom stereocenters. The van der Waals surface area contributed by atoms with Gasteiger partial charge < -0.3 is 16.8 Å². The number of guanidine groups is 2. The first-order valence-corrected chi connectivity index (χ1v) is 6.82. The number of hydrogen-bond donors (Lipinski definition) is 4. The van der Waals surface area contributed by atoms with Crippen molar-refractivity contribution in [3.8, 4) is 17.6 Å². The summed E-state index contributed by atoms with van der Waals surface area (Å²) in [6.45, 7) is 0. The monoisotopic (exact) mass is 315 g/mol. The summed E-state index contributed by atoms with van der Waals surface area (Å²) in [7, 11) is 1.57. The number of hydrogen-bond acceptors (Lipinski definition) is 6. The second kappa shape index (κ2) is 7.00. The van der Waals surface area contributed by atoms with Crippen LogP contribution < -0.4 is 22.1 Å². The molecule has 0 radical (unpaired) electrons. The van der Waals surface area contributed by atoms with Gasteiger partial charge in [0.15, 0.2) is 18.0 Å². The molecule has 112 valence electrons. The van der Waals surface area contributed by atoms with Gasteiger partial charge in [0.05, 0.1) is 0 Å². The first-order chi connectivity index (χ1) is 10.6. The number of anilines is 1. The van der Waals surface area contributed by atoms with Crippen LogP contribution in [0, 0.1) is 11.5 Å². The van der Waals surface area contributed by atoms with Gasteiger partial charge >= 0.3 is 0 Å². The summed E-state index contributed by atoms with van der Waals surface area (Å²) in [5.41, 5.74) is 12.1. The van der Waals surface area contributed by atoms with Crippen LogP contribution in [0.2, 0.25) is 0 Å². The Morgan fingerprint density at radius 1 is 1.41 bits per heavy atom. The third-order valence-corrected chi connectivity index (χ3v) is 3.03. The van der Waals surface area contributed by atoms with Crippen LogP contribution in [0.3, 0.4) is 0 Å². The van der Waals surface area contributed by atoms with Crippen LogP contribution in [0.25, 0.3) is 11.4 Å².